The fourth-order valence-corrected chi connectivity index (χ4v) is 3.76. The van der Waals surface area contributed by atoms with Crippen LogP contribution in [0.4, 0.5) is 8.78 Å². The van der Waals surface area contributed by atoms with E-state index in [1.807, 2.05) is 18.2 Å². The van der Waals surface area contributed by atoms with E-state index in [0.29, 0.717) is 16.5 Å². The van der Waals surface area contributed by atoms with Gasteiger partial charge < -0.3 is 14.6 Å². The minimum absolute atomic E-state index is 0.0470. The number of likely N-dealkylation sites (tertiary alicyclic amines) is 1. The molecule has 0 spiro atoms. The summed E-state index contributed by atoms with van der Waals surface area (Å²) >= 11 is 0. The lowest BCUT2D eigenvalue weighted by atomic mass is 10.0. The summed E-state index contributed by atoms with van der Waals surface area (Å²) in [5.74, 6) is -3.26. The SMILES string of the molecule is O=C(c1c[nH]c2cnccc12)N1CCC(F)(F)[C@@H](Oc2ccc3ccccc3n2)C1. The summed E-state index contributed by atoms with van der Waals surface area (Å²) in [5, 5.41) is 1.60. The van der Waals surface area contributed by atoms with Crippen LogP contribution in [0.5, 0.6) is 5.88 Å². The van der Waals surface area contributed by atoms with E-state index in [9.17, 15) is 13.6 Å². The fraction of sp³-hybridized carbons (Fsp3) is 0.227. The van der Waals surface area contributed by atoms with Crippen LogP contribution in [0.25, 0.3) is 21.8 Å². The number of piperidine rings is 1. The molecule has 1 N–H and O–H groups in total. The second-order valence-electron chi connectivity index (χ2n) is 7.33. The van der Waals surface area contributed by atoms with Crippen LogP contribution in [0, 0.1) is 0 Å². The van der Waals surface area contributed by atoms with E-state index in [1.165, 1.54) is 4.90 Å². The number of rotatable bonds is 3. The third-order valence-electron chi connectivity index (χ3n) is 5.41. The van der Waals surface area contributed by atoms with Gasteiger partial charge in [-0.05, 0) is 18.2 Å². The number of alkyl halides is 2. The van der Waals surface area contributed by atoms with Crippen molar-refractivity contribution < 1.29 is 18.3 Å². The first-order chi connectivity index (χ1) is 14.5. The molecule has 0 aliphatic carbocycles. The van der Waals surface area contributed by atoms with Gasteiger partial charge in [-0.2, -0.15) is 0 Å². The predicted octanol–water partition coefficient (Wildman–Crippen LogP) is 4.04. The highest BCUT2D eigenvalue weighted by molar-refractivity contribution is 6.06. The molecule has 1 aromatic carbocycles. The van der Waals surface area contributed by atoms with Crippen LogP contribution in [0.1, 0.15) is 16.8 Å². The number of nitrogens with zero attached hydrogens (tertiary/aromatic N) is 3. The van der Waals surface area contributed by atoms with Gasteiger partial charge in [0, 0.05) is 42.2 Å². The Morgan fingerprint density at radius 3 is 2.97 bits per heavy atom. The number of para-hydroxylation sites is 1. The molecule has 1 aliphatic rings. The number of carbonyl (C=O) groups is 1. The Morgan fingerprint density at radius 2 is 2.07 bits per heavy atom. The number of hydrogen-bond donors (Lipinski definition) is 1. The van der Waals surface area contributed by atoms with Gasteiger partial charge in [-0.3, -0.25) is 9.78 Å². The molecule has 1 saturated heterocycles. The van der Waals surface area contributed by atoms with Crippen LogP contribution < -0.4 is 4.74 Å². The maximum absolute atomic E-state index is 14.6. The van der Waals surface area contributed by atoms with E-state index in [1.54, 1.807) is 42.9 Å². The van der Waals surface area contributed by atoms with Gasteiger partial charge in [-0.15, -0.1) is 0 Å². The Hall–Kier alpha value is -3.55. The molecular weight excluding hydrogens is 390 g/mol. The predicted molar refractivity (Wildman–Crippen MR) is 108 cm³/mol. The minimum atomic E-state index is -3.06. The second-order valence-corrected chi connectivity index (χ2v) is 7.33. The number of benzene rings is 1. The average Bonchev–Trinajstić information content (AvgIpc) is 3.19. The summed E-state index contributed by atoms with van der Waals surface area (Å²) in [4.78, 5) is 25.8. The number of pyridine rings is 2. The maximum Gasteiger partial charge on any atom is 0.287 e. The molecule has 1 aliphatic heterocycles. The molecule has 0 saturated carbocycles. The molecule has 4 aromatic rings. The van der Waals surface area contributed by atoms with Crippen LogP contribution >= 0.6 is 0 Å². The van der Waals surface area contributed by atoms with Crippen LogP contribution in [0.15, 0.2) is 61.1 Å². The first-order valence-electron chi connectivity index (χ1n) is 9.62. The zero-order valence-corrected chi connectivity index (χ0v) is 15.9. The van der Waals surface area contributed by atoms with E-state index in [0.717, 1.165) is 10.9 Å². The van der Waals surface area contributed by atoms with Gasteiger partial charge in [-0.25, -0.2) is 13.8 Å². The van der Waals surface area contributed by atoms with Gasteiger partial charge in [0.1, 0.15) is 0 Å². The largest absolute Gasteiger partial charge is 0.466 e. The molecule has 0 radical (unpaired) electrons. The van der Waals surface area contributed by atoms with Gasteiger partial charge in [-0.1, -0.05) is 18.2 Å². The average molecular weight is 408 g/mol. The summed E-state index contributed by atoms with van der Waals surface area (Å²) in [6, 6.07) is 12.5. The normalized spacial score (nSPS) is 18.6. The smallest absolute Gasteiger partial charge is 0.287 e. The lowest BCUT2D eigenvalue weighted by Gasteiger charge is -2.37. The van der Waals surface area contributed by atoms with Gasteiger partial charge in [0.25, 0.3) is 11.8 Å². The lowest BCUT2D eigenvalue weighted by molar-refractivity contribution is -0.131. The number of aromatic amines is 1. The molecule has 5 rings (SSSR count). The third kappa shape index (κ3) is 3.24. The zero-order valence-electron chi connectivity index (χ0n) is 15.9. The molecule has 0 unspecified atom stereocenters. The topological polar surface area (TPSA) is 71.1 Å². The van der Waals surface area contributed by atoms with E-state index < -0.39 is 18.4 Å². The number of hydrogen-bond acceptors (Lipinski definition) is 4. The molecule has 1 amide bonds. The van der Waals surface area contributed by atoms with Gasteiger partial charge >= 0.3 is 0 Å². The molecule has 1 fully saturated rings. The van der Waals surface area contributed by atoms with Crippen LogP contribution in [0.2, 0.25) is 0 Å². The summed E-state index contributed by atoms with van der Waals surface area (Å²) in [5.41, 5.74) is 1.81. The number of fused-ring (bicyclic) bond motifs is 2. The van der Waals surface area contributed by atoms with Crippen molar-refractivity contribution in [3.63, 3.8) is 0 Å². The van der Waals surface area contributed by atoms with E-state index in [-0.39, 0.29) is 24.9 Å². The Bertz CT molecular complexity index is 1240. The molecule has 1 atom stereocenters. The first kappa shape index (κ1) is 18.5. The highest BCUT2D eigenvalue weighted by Crippen LogP contribution is 2.33. The summed E-state index contributed by atoms with van der Waals surface area (Å²) in [7, 11) is 0. The zero-order chi connectivity index (χ0) is 20.7. The molecule has 3 aromatic heterocycles. The second kappa shape index (κ2) is 7.05. The number of carbonyl (C=O) groups excluding carboxylic acids is 1. The lowest BCUT2D eigenvalue weighted by Crippen LogP contribution is -2.55. The van der Waals surface area contributed by atoms with Crippen molar-refractivity contribution in [3.05, 3.63) is 66.6 Å². The van der Waals surface area contributed by atoms with E-state index in [4.69, 9.17) is 4.74 Å². The molecular formula is C22H18F2N4O2. The number of H-pyrrole nitrogens is 1. The monoisotopic (exact) mass is 408 g/mol. The quantitative estimate of drug-likeness (QED) is 0.555. The number of nitrogens with one attached hydrogen (secondary N) is 1. The highest BCUT2D eigenvalue weighted by Gasteiger charge is 2.47. The molecule has 6 nitrogen and oxygen atoms in total. The van der Waals surface area contributed by atoms with Crippen molar-refractivity contribution in [2.45, 2.75) is 18.4 Å². The molecule has 8 heteroatoms. The van der Waals surface area contributed by atoms with Crippen LogP contribution in [-0.2, 0) is 0 Å². The van der Waals surface area contributed by atoms with Crippen LogP contribution in [-0.4, -0.2) is 50.9 Å². The Kier molecular flexibility index (Phi) is 4.34. The molecule has 4 heterocycles. The molecule has 30 heavy (non-hydrogen) atoms. The minimum Gasteiger partial charge on any atom is -0.466 e. The summed E-state index contributed by atoms with van der Waals surface area (Å²) in [6.45, 7) is -0.271. The number of ether oxygens (including phenoxy) is 1. The summed E-state index contributed by atoms with van der Waals surface area (Å²) in [6.07, 6.45) is 2.85. The fourth-order valence-electron chi connectivity index (χ4n) is 3.76. The van der Waals surface area contributed by atoms with Crippen molar-refractivity contribution >= 4 is 27.7 Å². The number of halogens is 2. The third-order valence-corrected chi connectivity index (χ3v) is 5.41. The van der Waals surface area contributed by atoms with Crippen molar-refractivity contribution in [2.75, 3.05) is 13.1 Å². The van der Waals surface area contributed by atoms with Gasteiger partial charge in [0.15, 0.2) is 6.10 Å². The van der Waals surface area contributed by atoms with E-state index in [2.05, 4.69) is 15.0 Å². The number of amides is 1. The van der Waals surface area contributed by atoms with Crippen LogP contribution in [0.3, 0.4) is 0 Å². The summed E-state index contributed by atoms with van der Waals surface area (Å²) < 4.78 is 34.8. The number of aromatic nitrogens is 3. The van der Waals surface area contributed by atoms with Crippen molar-refractivity contribution in [1.29, 1.82) is 0 Å². The highest BCUT2D eigenvalue weighted by atomic mass is 19.3. The van der Waals surface area contributed by atoms with Gasteiger partial charge in [0.05, 0.1) is 29.3 Å². The maximum atomic E-state index is 14.6. The van der Waals surface area contributed by atoms with Crippen molar-refractivity contribution in [3.8, 4) is 5.88 Å². The molecule has 152 valence electrons. The van der Waals surface area contributed by atoms with Crippen molar-refractivity contribution in [2.24, 2.45) is 0 Å². The standard InChI is InChI=1S/C22H18F2N4O2/c23-22(24)8-10-28(21(29)16-11-26-18-12-25-9-7-15(16)18)13-19(22)30-20-6-5-14-3-1-2-4-17(14)27-20/h1-7,9,11-12,19,26H,8,10,13H2/t19-/m0/s1. The van der Waals surface area contributed by atoms with Gasteiger partial charge in [0.2, 0.25) is 5.88 Å². The Morgan fingerprint density at radius 1 is 1.20 bits per heavy atom. The van der Waals surface area contributed by atoms with Crippen molar-refractivity contribution in [1.82, 2.24) is 19.9 Å². The Labute approximate surface area is 170 Å². The van der Waals surface area contributed by atoms with E-state index >= 15 is 0 Å². The Balaban J connectivity index is 1.39. The molecule has 0 bridgehead atoms. The first-order valence-corrected chi connectivity index (χ1v) is 9.62.